The third-order valence-corrected chi connectivity index (χ3v) is 4.34. The average Bonchev–Trinajstić information content (AvgIpc) is 2.78. The molecule has 0 radical (unpaired) electrons. The van der Waals surface area contributed by atoms with Crippen LogP contribution in [0.3, 0.4) is 0 Å². The van der Waals surface area contributed by atoms with Crippen LogP contribution in [-0.4, -0.2) is 122 Å². The lowest BCUT2D eigenvalue weighted by Crippen LogP contribution is -2.35. The third-order valence-electron chi connectivity index (χ3n) is 3.55. The fourth-order valence-electron chi connectivity index (χ4n) is 1.84. The predicted octanol–water partition coefficient (Wildman–Crippen LogP) is 0.619. The van der Waals surface area contributed by atoms with Crippen molar-refractivity contribution in [3.8, 4) is 0 Å². The van der Waals surface area contributed by atoms with Crippen LogP contribution >= 0.6 is 12.1 Å². The molecule has 0 heterocycles. The van der Waals surface area contributed by atoms with Gasteiger partial charge in [-0.3, -0.25) is 19.3 Å². The summed E-state index contributed by atoms with van der Waals surface area (Å²) >= 11 is 0.564. The molecular formula is C18H30N8O8S. The van der Waals surface area contributed by atoms with Gasteiger partial charge in [0.2, 0.25) is 0 Å². The molecule has 196 valence electrons. The zero-order valence-electron chi connectivity index (χ0n) is 21.3. The van der Waals surface area contributed by atoms with Crippen LogP contribution < -0.4 is 0 Å². The average molecular weight is 519 g/mol. The maximum Gasteiger partial charge on any atom is 0.447 e. The Morgan fingerprint density at radius 1 is 0.600 bits per heavy atom. The van der Waals surface area contributed by atoms with Crippen molar-refractivity contribution in [3.05, 3.63) is 0 Å². The smallest absolute Gasteiger partial charge is 0.399 e. The highest BCUT2D eigenvalue weighted by Gasteiger charge is 2.24. The third kappa shape index (κ3) is 10.3. The van der Waals surface area contributed by atoms with Crippen LogP contribution in [-0.2, 0) is 28.9 Å². The standard InChI is InChI=1S/C18H30N8O8S/c1-11(19-31-9)13(15(27)23(3)4)21-33-17(29)25(7)35-26(8)18(30)34-22-14(12(2)20-32-10)16(28)24(5)6/h1-10H3/b19-11-,20-12-,21-13-,22-14-. The first-order valence-corrected chi connectivity index (χ1v) is 10.3. The molecule has 0 spiro atoms. The Hall–Kier alpha value is -3.89. The Morgan fingerprint density at radius 2 is 0.914 bits per heavy atom. The van der Waals surface area contributed by atoms with Gasteiger partial charge >= 0.3 is 12.2 Å². The molecular weight excluding hydrogens is 488 g/mol. The van der Waals surface area contributed by atoms with Crippen LogP contribution in [0.1, 0.15) is 13.8 Å². The summed E-state index contributed by atoms with van der Waals surface area (Å²) in [5, 5.41) is 14.3. The molecule has 4 amide bonds. The van der Waals surface area contributed by atoms with E-state index in [0.717, 1.165) is 8.61 Å². The number of hydrogen-bond acceptors (Lipinski definition) is 13. The highest BCUT2D eigenvalue weighted by Crippen LogP contribution is 2.15. The molecule has 0 saturated heterocycles. The number of carbonyl (C=O) groups is 4. The van der Waals surface area contributed by atoms with Crippen LogP contribution in [0.5, 0.6) is 0 Å². The van der Waals surface area contributed by atoms with Gasteiger partial charge in [0.25, 0.3) is 11.8 Å². The Bertz CT molecular complexity index is 844. The van der Waals surface area contributed by atoms with Gasteiger partial charge in [-0.25, -0.2) is 18.2 Å². The van der Waals surface area contributed by atoms with Crippen molar-refractivity contribution >= 4 is 59.0 Å². The van der Waals surface area contributed by atoms with Crippen LogP contribution in [0.4, 0.5) is 9.59 Å². The van der Waals surface area contributed by atoms with E-state index in [4.69, 9.17) is 9.68 Å². The monoisotopic (exact) mass is 518 g/mol. The van der Waals surface area contributed by atoms with E-state index in [1.807, 2.05) is 0 Å². The number of carbonyl (C=O) groups excluding carboxylic acids is 4. The Balaban J connectivity index is 5.37. The Morgan fingerprint density at radius 3 is 1.17 bits per heavy atom. The van der Waals surface area contributed by atoms with Gasteiger partial charge in [-0.15, -0.1) is 0 Å². The number of rotatable bonds is 10. The molecule has 35 heavy (non-hydrogen) atoms. The summed E-state index contributed by atoms with van der Waals surface area (Å²) in [4.78, 5) is 70.2. The van der Waals surface area contributed by atoms with Crippen molar-refractivity contribution in [2.24, 2.45) is 20.6 Å². The minimum absolute atomic E-state index is 0.0724. The molecule has 0 unspecified atom stereocenters. The molecule has 0 bridgehead atoms. The van der Waals surface area contributed by atoms with E-state index in [1.54, 1.807) is 0 Å². The van der Waals surface area contributed by atoms with Gasteiger partial charge in [0.1, 0.15) is 25.6 Å². The summed E-state index contributed by atoms with van der Waals surface area (Å²) in [5.41, 5.74) is -0.389. The molecule has 17 heteroatoms. The first kappa shape index (κ1) is 31.1. The zero-order chi connectivity index (χ0) is 27.3. The van der Waals surface area contributed by atoms with Crippen molar-refractivity contribution in [1.82, 2.24) is 18.4 Å². The van der Waals surface area contributed by atoms with Crippen molar-refractivity contribution < 1.29 is 38.5 Å². The molecule has 0 rings (SSSR count). The van der Waals surface area contributed by atoms with Crippen LogP contribution in [0.15, 0.2) is 20.6 Å². The lowest BCUT2D eigenvalue weighted by molar-refractivity contribution is -0.122. The predicted molar refractivity (Wildman–Crippen MR) is 129 cm³/mol. The van der Waals surface area contributed by atoms with Crippen molar-refractivity contribution in [3.63, 3.8) is 0 Å². The van der Waals surface area contributed by atoms with Gasteiger partial charge in [0.05, 0.1) is 12.1 Å². The summed E-state index contributed by atoms with van der Waals surface area (Å²) in [6.45, 7) is 2.88. The van der Waals surface area contributed by atoms with Gasteiger partial charge in [0.15, 0.2) is 11.4 Å². The van der Waals surface area contributed by atoms with Crippen LogP contribution in [0, 0.1) is 0 Å². The van der Waals surface area contributed by atoms with Gasteiger partial charge in [-0.2, -0.15) is 0 Å². The molecule has 0 aromatic carbocycles. The minimum atomic E-state index is -1.03. The maximum atomic E-state index is 12.3. The Labute approximate surface area is 207 Å². The second-order valence-corrected chi connectivity index (χ2v) is 8.05. The van der Waals surface area contributed by atoms with Crippen molar-refractivity contribution in [2.45, 2.75) is 13.8 Å². The molecule has 0 aliphatic heterocycles. The number of oxime groups is 4. The fourth-order valence-corrected chi connectivity index (χ4v) is 2.41. The Kier molecular flexibility index (Phi) is 13.4. The van der Waals surface area contributed by atoms with E-state index < -0.39 is 24.0 Å². The topological polar surface area (TPSA) is 168 Å². The maximum absolute atomic E-state index is 12.3. The van der Waals surface area contributed by atoms with E-state index >= 15 is 0 Å². The lowest BCUT2D eigenvalue weighted by atomic mass is 10.2. The normalized spacial score (nSPS) is 12.4. The molecule has 0 saturated carbocycles. The number of amides is 4. The van der Waals surface area contributed by atoms with E-state index in [0.29, 0.717) is 12.1 Å². The lowest BCUT2D eigenvalue weighted by Gasteiger charge is -2.19. The summed E-state index contributed by atoms with van der Waals surface area (Å²) < 4.78 is 1.77. The fraction of sp³-hybridized carbons (Fsp3) is 0.556. The molecule has 0 N–H and O–H groups in total. The molecule has 0 atom stereocenters. The molecule has 0 fully saturated rings. The molecule has 0 aliphatic carbocycles. The molecule has 0 aromatic rings. The molecule has 16 nitrogen and oxygen atoms in total. The summed E-state index contributed by atoms with van der Waals surface area (Å²) in [6, 6.07) is 0. The van der Waals surface area contributed by atoms with Crippen LogP contribution in [0.2, 0.25) is 0 Å². The zero-order valence-corrected chi connectivity index (χ0v) is 22.1. The minimum Gasteiger partial charge on any atom is -0.399 e. The van der Waals surface area contributed by atoms with E-state index in [2.05, 4.69) is 30.3 Å². The quantitative estimate of drug-likeness (QED) is 0.174. The second kappa shape index (κ2) is 15.1. The largest absolute Gasteiger partial charge is 0.447 e. The molecule has 0 aromatic heterocycles. The highest BCUT2D eigenvalue weighted by molar-refractivity contribution is 7.95. The van der Waals surface area contributed by atoms with Crippen LogP contribution in [0.25, 0.3) is 0 Å². The van der Waals surface area contributed by atoms with Gasteiger partial charge in [-0.1, -0.05) is 20.6 Å². The SMILES string of the molecule is CO/N=C(C)\C(=N\OC(=O)N(C)SN(C)C(=O)O/N=C(C(=O)N(C)C)/C(C)=N\OC)C(=O)N(C)C. The van der Waals surface area contributed by atoms with Crippen molar-refractivity contribution in [2.75, 3.05) is 56.5 Å². The van der Waals surface area contributed by atoms with Gasteiger partial charge < -0.3 is 19.5 Å². The van der Waals surface area contributed by atoms with E-state index in [-0.39, 0.29) is 22.8 Å². The van der Waals surface area contributed by atoms with E-state index in [9.17, 15) is 19.2 Å². The first-order valence-electron chi connectivity index (χ1n) is 9.61. The van der Waals surface area contributed by atoms with E-state index in [1.165, 1.54) is 80.2 Å². The van der Waals surface area contributed by atoms with Gasteiger partial charge in [-0.05, 0) is 13.8 Å². The summed E-state index contributed by atoms with van der Waals surface area (Å²) in [6.07, 6.45) is -2.06. The summed E-state index contributed by atoms with van der Waals surface area (Å²) in [5.74, 6) is -1.17. The second-order valence-electron chi connectivity index (χ2n) is 6.79. The highest BCUT2D eigenvalue weighted by atomic mass is 32.2. The first-order chi connectivity index (χ1) is 16.3. The van der Waals surface area contributed by atoms with Crippen molar-refractivity contribution in [1.29, 1.82) is 0 Å². The van der Waals surface area contributed by atoms with Gasteiger partial charge in [0, 0.05) is 42.3 Å². The summed E-state index contributed by atoms with van der Waals surface area (Å²) in [7, 11) is 11.0. The molecule has 0 aliphatic rings. The number of hydrogen-bond donors (Lipinski definition) is 0. The number of nitrogens with zero attached hydrogens (tertiary/aromatic N) is 8.